The number of alkyl carbamates (subject to hydrolysis) is 1. The molecule has 1 N–H and O–H groups in total. The van der Waals surface area contributed by atoms with Crippen molar-refractivity contribution in [3.63, 3.8) is 0 Å². The number of nitrogens with one attached hydrogen (secondary N) is 1. The number of nitrogens with zero attached hydrogens (tertiary/aromatic N) is 5. The van der Waals surface area contributed by atoms with E-state index in [-0.39, 0.29) is 37.2 Å². The third-order valence-electron chi connectivity index (χ3n) is 9.11. The van der Waals surface area contributed by atoms with E-state index in [1.807, 2.05) is 24.5 Å². The van der Waals surface area contributed by atoms with Gasteiger partial charge in [-0.2, -0.15) is 0 Å². The maximum absolute atomic E-state index is 14.2. The van der Waals surface area contributed by atoms with Crippen LogP contribution in [0.1, 0.15) is 77.0 Å². The van der Waals surface area contributed by atoms with Crippen molar-refractivity contribution in [3.05, 3.63) is 51.3 Å². The first-order chi connectivity index (χ1) is 23.4. The lowest BCUT2D eigenvalue weighted by molar-refractivity contribution is -0.189. The third-order valence-corrected chi connectivity index (χ3v) is 9.11. The van der Waals surface area contributed by atoms with Gasteiger partial charge in [0.25, 0.3) is 5.56 Å². The SMILES string of the molecule is CCCCCN1C=Nc2cccc3nc4c(c1c23)Cn1c-4cc2c(c1=O)COC(=O)[C@@]2(CC)OC(=O)CN(C)CCNC(=O)OC(C)(C)C. The van der Waals surface area contributed by atoms with Crippen molar-refractivity contribution in [2.45, 2.75) is 84.7 Å². The Kier molecular flexibility index (Phi) is 9.23. The van der Waals surface area contributed by atoms with E-state index in [0.717, 1.165) is 53.6 Å². The second-order valence-corrected chi connectivity index (χ2v) is 13.8. The van der Waals surface area contributed by atoms with Gasteiger partial charge in [0.2, 0.25) is 5.60 Å². The molecule has 49 heavy (non-hydrogen) atoms. The molecule has 260 valence electrons. The van der Waals surface area contributed by atoms with Gasteiger partial charge in [-0.15, -0.1) is 0 Å². The van der Waals surface area contributed by atoms with Crippen LogP contribution in [0.25, 0.3) is 22.3 Å². The molecular weight excluding hydrogens is 628 g/mol. The maximum Gasteiger partial charge on any atom is 0.407 e. The Hall–Kier alpha value is -4.78. The highest BCUT2D eigenvalue weighted by molar-refractivity contribution is 6.11. The van der Waals surface area contributed by atoms with E-state index in [0.29, 0.717) is 30.0 Å². The monoisotopic (exact) mass is 672 g/mol. The molecule has 3 aliphatic rings. The molecule has 3 aliphatic heterocycles. The van der Waals surface area contributed by atoms with Crippen molar-refractivity contribution < 1.29 is 28.6 Å². The lowest BCUT2D eigenvalue weighted by Gasteiger charge is -2.36. The minimum absolute atomic E-state index is 0.0612. The van der Waals surface area contributed by atoms with Crippen molar-refractivity contribution in [2.24, 2.45) is 4.99 Å². The van der Waals surface area contributed by atoms with Crippen LogP contribution < -0.4 is 15.8 Å². The number of likely N-dealkylation sites (N-methyl/N-ethyl adjacent to an activating group) is 1. The summed E-state index contributed by atoms with van der Waals surface area (Å²) < 4.78 is 18.4. The van der Waals surface area contributed by atoms with Crippen LogP contribution in [0, 0.1) is 0 Å². The number of benzene rings is 1. The number of hydrogen-bond donors (Lipinski definition) is 1. The first kappa shape index (κ1) is 34.1. The van der Waals surface area contributed by atoms with Crippen LogP contribution >= 0.6 is 0 Å². The van der Waals surface area contributed by atoms with Crippen molar-refractivity contribution in [1.29, 1.82) is 0 Å². The predicted octanol–water partition coefficient (Wildman–Crippen LogP) is 4.76. The minimum atomic E-state index is -1.81. The molecule has 0 spiro atoms. The zero-order chi connectivity index (χ0) is 35.1. The van der Waals surface area contributed by atoms with Gasteiger partial charge in [0.1, 0.15) is 12.2 Å². The Balaban J connectivity index is 1.31. The summed E-state index contributed by atoms with van der Waals surface area (Å²) >= 11 is 0. The number of aliphatic imine (C=N–C) groups is 1. The predicted molar refractivity (Wildman–Crippen MR) is 185 cm³/mol. The number of rotatable bonds is 11. The number of aromatic nitrogens is 2. The second kappa shape index (κ2) is 13.3. The van der Waals surface area contributed by atoms with Crippen molar-refractivity contribution in [1.82, 2.24) is 19.8 Å². The number of anilines is 1. The number of pyridine rings is 2. The molecule has 2 aromatic heterocycles. The van der Waals surface area contributed by atoms with Gasteiger partial charge in [-0.1, -0.05) is 32.8 Å². The quantitative estimate of drug-likeness (QED) is 0.135. The highest BCUT2D eigenvalue weighted by Crippen LogP contribution is 2.47. The van der Waals surface area contributed by atoms with Crippen LogP contribution in [0.2, 0.25) is 0 Å². The minimum Gasteiger partial charge on any atom is -0.457 e. The Bertz CT molecular complexity index is 1910. The average molecular weight is 673 g/mol. The van der Waals surface area contributed by atoms with Crippen LogP contribution in [0.4, 0.5) is 16.2 Å². The lowest BCUT2D eigenvalue weighted by atomic mass is 9.85. The van der Waals surface area contributed by atoms with Gasteiger partial charge in [-0.3, -0.25) is 14.5 Å². The average Bonchev–Trinajstić information content (AvgIpc) is 3.41. The normalized spacial score (nSPS) is 17.4. The Morgan fingerprint density at radius 2 is 1.94 bits per heavy atom. The molecule has 1 amide bonds. The number of unbranched alkanes of at least 4 members (excludes halogenated alkanes) is 2. The number of amides is 1. The number of ether oxygens (including phenoxy) is 3. The molecule has 13 nitrogen and oxygen atoms in total. The van der Waals surface area contributed by atoms with Crippen LogP contribution in [-0.4, -0.2) is 77.6 Å². The molecule has 5 heterocycles. The largest absolute Gasteiger partial charge is 0.457 e. The molecule has 0 aliphatic carbocycles. The Labute approximate surface area is 285 Å². The summed E-state index contributed by atoms with van der Waals surface area (Å²) in [5.41, 5.74) is 2.57. The van der Waals surface area contributed by atoms with Gasteiger partial charge in [-0.25, -0.2) is 19.6 Å². The number of fused-ring (bicyclic) bond motifs is 5. The summed E-state index contributed by atoms with van der Waals surface area (Å²) in [4.78, 5) is 66.6. The van der Waals surface area contributed by atoms with E-state index in [2.05, 4.69) is 17.1 Å². The standard InChI is InChI=1S/C36H44N6O7/c1-7-9-10-15-41-21-38-25-12-11-13-26-29(25)31(41)22-18-42-27(30(22)39-26)17-24-23(32(42)44)20-47-33(45)36(24,8-2)48-28(43)19-40(6)16-14-37-34(46)49-35(3,4)5/h11-13,17,21H,7-10,14-16,18-20H2,1-6H3,(H,37,46)/t36-/m0/s1. The molecule has 3 aromatic rings. The van der Waals surface area contributed by atoms with E-state index in [1.54, 1.807) is 50.3 Å². The van der Waals surface area contributed by atoms with Gasteiger partial charge in [0, 0.05) is 30.8 Å². The van der Waals surface area contributed by atoms with Crippen LogP contribution in [0.3, 0.4) is 0 Å². The number of hydrogen-bond acceptors (Lipinski definition) is 11. The molecule has 0 bridgehead atoms. The van der Waals surface area contributed by atoms with E-state index >= 15 is 0 Å². The second-order valence-electron chi connectivity index (χ2n) is 13.8. The van der Waals surface area contributed by atoms with E-state index in [4.69, 9.17) is 24.2 Å². The molecule has 0 saturated carbocycles. The van der Waals surface area contributed by atoms with Gasteiger partial charge in [0.15, 0.2) is 0 Å². The fourth-order valence-electron chi connectivity index (χ4n) is 6.75. The molecular formula is C36H44N6O7. The molecule has 0 fully saturated rings. The van der Waals surface area contributed by atoms with E-state index in [9.17, 15) is 19.2 Å². The summed E-state index contributed by atoms with van der Waals surface area (Å²) in [5, 5.41) is 3.61. The molecule has 0 saturated heterocycles. The van der Waals surface area contributed by atoms with Gasteiger partial charge in [-0.05, 0) is 58.9 Å². The zero-order valence-electron chi connectivity index (χ0n) is 29.1. The van der Waals surface area contributed by atoms with Gasteiger partial charge in [0.05, 0.1) is 58.7 Å². The third kappa shape index (κ3) is 6.39. The number of carbonyl (C=O) groups excluding carboxylic acids is 3. The number of esters is 2. The molecule has 0 unspecified atom stereocenters. The highest BCUT2D eigenvalue weighted by atomic mass is 16.6. The van der Waals surface area contributed by atoms with Crippen molar-refractivity contribution in [3.8, 4) is 11.4 Å². The van der Waals surface area contributed by atoms with Crippen molar-refractivity contribution >= 4 is 46.6 Å². The summed E-state index contributed by atoms with van der Waals surface area (Å²) in [7, 11) is 1.70. The molecule has 13 heteroatoms. The first-order valence-corrected chi connectivity index (χ1v) is 16.9. The van der Waals surface area contributed by atoms with Crippen LogP contribution in [0.5, 0.6) is 0 Å². The topological polar surface area (TPSA) is 145 Å². The van der Waals surface area contributed by atoms with E-state index < -0.39 is 29.2 Å². The van der Waals surface area contributed by atoms with Gasteiger partial charge < -0.3 is 29.0 Å². The van der Waals surface area contributed by atoms with Crippen LogP contribution in [0.15, 0.2) is 34.1 Å². The summed E-state index contributed by atoms with van der Waals surface area (Å²) in [5.74, 6) is -1.40. The molecule has 1 aromatic carbocycles. The highest BCUT2D eigenvalue weighted by Gasteiger charge is 2.50. The Morgan fingerprint density at radius 3 is 2.67 bits per heavy atom. The maximum atomic E-state index is 14.2. The fraction of sp³-hybridized carbons (Fsp3) is 0.500. The summed E-state index contributed by atoms with van der Waals surface area (Å²) in [6, 6.07) is 7.61. The number of cyclic esters (lactones) is 1. The summed E-state index contributed by atoms with van der Waals surface area (Å²) in [6.45, 7) is 10.5. The summed E-state index contributed by atoms with van der Waals surface area (Å²) in [6.07, 6.45) is 4.53. The van der Waals surface area contributed by atoms with Crippen molar-refractivity contribution in [2.75, 3.05) is 38.1 Å². The lowest BCUT2D eigenvalue weighted by Crippen LogP contribution is -2.48. The molecule has 1 atom stereocenters. The van der Waals surface area contributed by atoms with Gasteiger partial charge >= 0.3 is 18.0 Å². The molecule has 6 rings (SSSR count). The zero-order valence-corrected chi connectivity index (χ0v) is 29.1. The van der Waals surface area contributed by atoms with E-state index in [1.165, 1.54) is 0 Å². The smallest absolute Gasteiger partial charge is 0.407 e. The fourth-order valence-corrected chi connectivity index (χ4v) is 6.75. The Morgan fingerprint density at radius 1 is 1.14 bits per heavy atom. The molecule has 0 radical (unpaired) electrons. The first-order valence-electron chi connectivity index (χ1n) is 16.9. The van der Waals surface area contributed by atoms with Crippen LogP contribution in [-0.2, 0) is 42.6 Å². The number of carbonyl (C=O) groups is 3.